The average Bonchev–Trinajstić information content (AvgIpc) is 3.10. The quantitative estimate of drug-likeness (QED) is 0.221. The molecule has 3 heterocycles. The van der Waals surface area contributed by atoms with Crippen LogP contribution < -0.4 is 4.57 Å². The van der Waals surface area contributed by atoms with Crippen LogP contribution in [-0.2, 0) is 19.9 Å². The van der Waals surface area contributed by atoms with Gasteiger partial charge >= 0.3 is 0 Å². The molecule has 0 atom stereocenters. The first-order valence-electron chi connectivity index (χ1n) is 7.75. The van der Waals surface area contributed by atoms with Gasteiger partial charge in [0.25, 0.3) is 0 Å². The SMILES string of the molecule is Cc1[c-]ccc2c1-n1c(nc3c1-c1c(ccc(C)[n+]1C)C3)C2.[Bk]. The molecule has 4 heteroatoms. The van der Waals surface area contributed by atoms with Gasteiger partial charge in [0.2, 0.25) is 5.69 Å². The third-order valence-electron chi connectivity index (χ3n) is 5.11. The summed E-state index contributed by atoms with van der Waals surface area (Å²) < 4.78 is 4.68. The minimum Gasteiger partial charge on any atom is -0.346 e. The van der Waals surface area contributed by atoms with Gasteiger partial charge in [-0.3, -0.25) is 0 Å². The summed E-state index contributed by atoms with van der Waals surface area (Å²) in [6.07, 6.45) is 1.88. The fraction of sp³-hybridized carbons (Fsp3) is 0.263. The molecule has 5 rings (SSSR count). The average molecular weight is 534 g/mol. The molecule has 3 aromatic rings. The van der Waals surface area contributed by atoms with Crippen LogP contribution in [0, 0.1) is 19.9 Å². The zero-order chi connectivity index (χ0) is 15.0. The number of imidazole rings is 1. The predicted octanol–water partition coefficient (Wildman–Crippen LogP) is 2.59. The van der Waals surface area contributed by atoms with Crippen molar-refractivity contribution in [3.63, 3.8) is 0 Å². The van der Waals surface area contributed by atoms with Gasteiger partial charge in [-0.15, -0.1) is 11.1 Å². The van der Waals surface area contributed by atoms with Gasteiger partial charge in [0, 0.05) is 31.4 Å². The van der Waals surface area contributed by atoms with Gasteiger partial charge < -0.3 is 4.57 Å². The maximum Gasteiger partial charge on any atom is 0.234 e. The molecule has 1 aliphatic carbocycles. The Kier molecular flexibility index (Phi) is 2.34. The summed E-state index contributed by atoms with van der Waals surface area (Å²) >= 11 is 0. The van der Waals surface area contributed by atoms with Crippen LogP contribution in [0.4, 0.5) is 0 Å². The standard InChI is InChI=1S/C19H17N3.Bk/c1-11-5-4-6-13-10-16-20-15-9-14-8-7-12(2)21(3)18(14)19(15)22(16)17(11)13;/h4,6-8H,9-10H2,1-3H3;. The second kappa shape index (κ2) is 4.07. The fourth-order valence-electron chi connectivity index (χ4n) is 3.96. The number of aryl methyl sites for hydroxylation is 2. The minimum absolute atomic E-state index is 0. The Bertz CT molecular complexity index is 969. The summed E-state index contributed by atoms with van der Waals surface area (Å²) in [5.41, 5.74) is 10.4. The van der Waals surface area contributed by atoms with Crippen molar-refractivity contribution in [1.29, 1.82) is 0 Å². The monoisotopic (exact) mass is 534 g/mol. The molecular formula is C19H17BkN3. The Morgan fingerprint density at radius 2 is 1.96 bits per heavy atom. The Labute approximate surface area is 129 Å². The Morgan fingerprint density at radius 3 is 2.78 bits per heavy atom. The first-order chi connectivity index (χ1) is 10.6. The third-order valence-corrected chi connectivity index (χ3v) is 5.11. The van der Waals surface area contributed by atoms with Gasteiger partial charge in [-0.1, -0.05) is 12.6 Å². The molecule has 0 amide bonds. The van der Waals surface area contributed by atoms with Gasteiger partial charge in [0.05, 0.1) is 5.69 Å². The van der Waals surface area contributed by atoms with E-state index >= 15 is 0 Å². The molecule has 3 nitrogen and oxygen atoms in total. The van der Waals surface area contributed by atoms with E-state index in [4.69, 9.17) is 4.98 Å². The number of benzene rings is 1. The van der Waals surface area contributed by atoms with Gasteiger partial charge in [0.1, 0.15) is 18.6 Å². The second-order valence-electron chi connectivity index (χ2n) is 6.40. The largest absolute Gasteiger partial charge is 0.346 e. The van der Waals surface area contributed by atoms with Crippen LogP contribution in [0.5, 0.6) is 0 Å². The van der Waals surface area contributed by atoms with Gasteiger partial charge in [-0.2, -0.15) is 22.8 Å². The molecule has 0 spiro atoms. The van der Waals surface area contributed by atoms with Crippen molar-refractivity contribution in [1.82, 2.24) is 9.55 Å². The van der Waals surface area contributed by atoms with Crippen molar-refractivity contribution in [2.24, 2.45) is 7.05 Å². The molecule has 0 saturated carbocycles. The first kappa shape index (κ1) is 13.3. The zero-order valence-corrected chi connectivity index (χ0v) is 16.2. The van der Waals surface area contributed by atoms with Crippen LogP contribution in [0.3, 0.4) is 0 Å². The summed E-state index contributed by atoms with van der Waals surface area (Å²) in [6, 6.07) is 12.0. The van der Waals surface area contributed by atoms with Crippen LogP contribution in [0.25, 0.3) is 17.1 Å². The Hall–Kier alpha value is -3.42. The van der Waals surface area contributed by atoms with Crippen molar-refractivity contribution in [3.8, 4) is 17.1 Å². The number of nitrogens with zero attached hydrogens (tertiary/aromatic N) is 3. The first-order valence-corrected chi connectivity index (χ1v) is 7.75. The molecule has 0 bridgehead atoms. The number of pyridine rings is 1. The Morgan fingerprint density at radius 1 is 1.13 bits per heavy atom. The van der Waals surface area contributed by atoms with Crippen LogP contribution in [0.15, 0.2) is 24.3 Å². The van der Waals surface area contributed by atoms with E-state index < -0.39 is 0 Å². The van der Waals surface area contributed by atoms with E-state index in [-0.39, 0.29) is 0 Å². The summed E-state index contributed by atoms with van der Waals surface area (Å²) in [6.45, 7) is 4.30. The van der Waals surface area contributed by atoms with Crippen molar-refractivity contribution < 1.29 is 4.57 Å². The van der Waals surface area contributed by atoms with Crippen molar-refractivity contribution in [2.45, 2.75) is 26.7 Å². The molecule has 2 aromatic heterocycles. The van der Waals surface area contributed by atoms with E-state index in [9.17, 15) is 0 Å². The van der Waals surface area contributed by atoms with Gasteiger partial charge in [0.15, 0.2) is 5.69 Å². The van der Waals surface area contributed by atoms with Crippen LogP contribution in [0.1, 0.15) is 33.9 Å². The number of rotatable bonds is 0. The topological polar surface area (TPSA) is 21.7 Å². The van der Waals surface area contributed by atoms with Crippen LogP contribution >= 0.6 is 0 Å². The zero-order valence-electron chi connectivity index (χ0n) is 13.4. The van der Waals surface area contributed by atoms with Crippen molar-refractivity contribution >= 4 is 0 Å². The number of hydrogen-bond donors (Lipinski definition) is 0. The maximum atomic E-state index is 4.95. The molecular weight excluding hydrogens is 517 g/mol. The van der Waals surface area contributed by atoms with Crippen LogP contribution in [0.2, 0.25) is 0 Å². The molecule has 1 radical (unpaired) electrons. The summed E-state index contributed by atoms with van der Waals surface area (Å²) in [7, 11) is 2.16. The second-order valence-corrected chi connectivity index (χ2v) is 6.40. The Balaban J connectivity index is 0.00000135. The maximum absolute atomic E-state index is 4.95. The smallest absolute Gasteiger partial charge is 0.234 e. The van der Waals surface area contributed by atoms with E-state index in [2.05, 4.69) is 54.3 Å². The van der Waals surface area contributed by atoms with E-state index in [1.54, 1.807) is 0 Å². The summed E-state index contributed by atoms with van der Waals surface area (Å²) in [5, 5.41) is 0. The van der Waals surface area contributed by atoms with Gasteiger partial charge in [-0.25, -0.2) is 4.98 Å². The predicted molar refractivity (Wildman–Crippen MR) is 84.1 cm³/mol. The molecule has 1 aromatic carbocycles. The molecule has 0 fully saturated rings. The van der Waals surface area contributed by atoms with E-state index in [0.717, 1.165) is 12.8 Å². The van der Waals surface area contributed by atoms with E-state index in [1.165, 1.54) is 51.0 Å². The van der Waals surface area contributed by atoms with Crippen molar-refractivity contribution in [3.05, 3.63) is 64.2 Å². The molecule has 2 aliphatic rings. The van der Waals surface area contributed by atoms with E-state index in [0.29, 0.717) is 0 Å². The van der Waals surface area contributed by atoms with E-state index in [1.807, 2.05) is 6.07 Å². The minimum atomic E-state index is 0. The molecule has 0 N–H and O–H groups in total. The van der Waals surface area contributed by atoms with Gasteiger partial charge in [-0.05, 0) is 6.07 Å². The molecule has 1 aliphatic heterocycles. The normalized spacial score (nSPS) is 13.2. The summed E-state index contributed by atoms with van der Waals surface area (Å²) in [4.78, 5) is 4.95. The molecule has 0 saturated heterocycles. The summed E-state index contributed by atoms with van der Waals surface area (Å²) in [5.74, 6) is 1.18. The number of hydrogen-bond acceptors (Lipinski definition) is 1. The molecule has 23 heavy (non-hydrogen) atoms. The third kappa shape index (κ3) is 1.44. The van der Waals surface area contributed by atoms with Crippen molar-refractivity contribution in [2.75, 3.05) is 0 Å². The molecule has 0 unspecified atom stereocenters. The fourth-order valence-corrected chi connectivity index (χ4v) is 3.96. The number of aromatic nitrogens is 3. The molecule has 117 valence electrons. The van der Waals surface area contributed by atoms with Crippen LogP contribution in [-0.4, -0.2) is 9.55 Å². The number of fused-ring (bicyclic) bond motifs is 7.